The first-order chi connectivity index (χ1) is 16.3. The van der Waals surface area contributed by atoms with Crippen LogP contribution in [0.4, 0.5) is 0 Å². The number of aromatic nitrogens is 2. The van der Waals surface area contributed by atoms with Crippen LogP contribution >= 0.6 is 0 Å². The quantitative estimate of drug-likeness (QED) is 0.224. The van der Waals surface area contributed by atoms with Gasteiger partial charge in [0.2, 0.25) is 5.89 Å². The molecule has 6 rings (SSSR count). The lowest BCUT2D eigenvalue weighted by Crippen LogP contribution is -2.23. The third-order valence-corrected chi connectivity index (χ3v) is 6.23. The van der Waals surface area contributed by atoms with Crippen molar-refractivity contribution in [1.82, 2.24) is 9.55 Å². The standard InChI is InChI=1S/C29H22N2O3/c1-29(2,3)31-20(16-24-27(31)30-28(34-24)17-9-5-4-6-10-17)15-23-25(32)21-13-18-11-7-8-12-19(18)14-22(21)26(23)33/h4-16H,1-3H3. The van der Waals surface area contributed by atoms with Gasteiger partial charge < -0.3 is 8.98 Å². The van der Waals surface area contributed by atoms with Crippen molar-refractivity contribution in [2.24, 2.45) is 0 Å². The molecule has 34 heavy (non-hydrogen) atoms. The van der Waals surface area contributed by atoms with E-state index in [9.17, 15) is 9.59 Å². The van der Waals surface area contributed by atoms with E-state index in [2.05, 4.69) is 20.8 Å². The molecule has 0 atom stereocenters. The number of hydrogen-bond donors (Lipinski definition) is 0. The van der Waals surface area contributed by atoms with E-state index in [1.807, 2.05) is 77.4 Å². The fourth-order valence-electron chi connectivity index (χ4n) is 4.70. The summed E-state index contributed by atoms with van der Waals surface area (Å²) in [6, 6.07) is 23.0. The molecule has 0 bridgehead atoms. The van der Waals surface area contributed by atoms with E-state index in [-0.39, 0.29) is 22.7 Å². The molecule has 3 aromatic carbocycles. The zero-order valence-electron chi connectivity index (χ0n) is 19.1. The summed E-state index contributed by atoms with van der Waals surface area (Å²) in [7, 11) is 0. The predicted molar refractivity (Wildman–Crippen MR) is 133 cm³/mol. The minimum Gasteiger partial charge on any atom is -0.434 e. The van der Waals surface area contributed by atoms with Crippen molar-refractivity contribution >= 4 is 39.6 Å². The minimum atomic E-state index is -0.356. The first kappa shape index (κ1) is 20.4. The molecule has 0 amide bonds. The molecule has 5 aromatic rings. The van der Waals surface area contributed by atoms with Crippen molar-refractivity contribution in [3.63, 3.8) is 0 Å². The molecule has 0 saturated heterocycles. The van der Waals surface area contributed by atoms with Crippen LogP contribution in [0.3, 0.4) is 0 Å². The van der Waals surface area contributed by atoms with E-state index in [0.717, 1.165) is 16.3 Å². The molecular weight excluding hydrogens is 424 g/mol. The van der Waals surface area contributed by atoms with Gasteiger partial charge in [0.1, 0.15) is 0 Å². The lowest BCUT2D eigenvalue weighted by molar-refractivity contribution is 0.0990. The predicted octanol–water partition coefficient (Wildman–Crippen LogP) is 6.67. The summed E-state index contributed by atoms with van der Waals surface area (Å²) in [5, 5.41) is 1.88. The number of ketones is 2. The van der Waals surface area contributed by atoms with Crippen molar-refractivity contribution < 1.29 is 14.0 Å². The second-order valence-corrected chi connectivity index (χ2v) is 9.61. The Hall–Kier alpha value is -4.25. The maximum Gasteiger partial charge on any atom is 0.228 e. The number of oxazole rings is 1. The van der Waals surface area contributed by atoms with Crippen LogP contribution in [0.25, 0.3) is 39.5 Å². The number of carbonyl (C=O) groups excluding carboxylic acids is 2. The summed E-state index contributed by atoms with van der Waals surface area (Å²) < 4.78 is 8.09. The Morgan fingerprint density at radius 1 is 0.824 bits per heavy atom. The van der Waals surface area contributed by atoms with Gasteiger partial charge in [-0.1, -0.05) is 42.5 Å². The fraction of sp³-hybridized carbons (Fsp3) is 0.138. The van der Waals surface area contributed by atoms with E-state index < -0.39 is 0 Å². The molecule has 0 unspecified atom stereocenters. The number of fused-ring (bicyclic) bond motifs is 3. The normalized spacial score (nSPS) is 13.8. The van der Waals surface area contributed by atoms with Crippen molar-refractivity contribution in [3.05, 3.63) is 95.2 Å². The van der Waals surface area contributed by atoms with E-state index in [1.54, 1.807) is 6.08 Å². The highest BCUT2D eigenvalue weighted by Crippen LogP contribution is 2.35. The topological polar surface area (TPSA) is 65.1 Å². The summed E-state index contributed by atoms with van der Waals surface area (Å²) in [4.78, 5) is 31.3. The number of benzene rings is 3. The van der Waals surface area contributed by atoms with Crippen molar-refractivity contribution in [2.45, 2.75) is 26.3 Å². The van der Waals surface area contributed by atoms with Crippen LogP contribution in [0.15, 0.2) is 82.8 Å². The van der Waals surface area contributed by atoms with Gasteiger partial charge in [-0.3, -0.25) is 9.59 Å². The van der Waals surface area contributed by atoms with Crippen LogP contribution < -0.4 is 0 Å². The van der Waals surface area contributed by atoms with Crippen molar-refractivity contribution in [3.8, 4) is 11.5 Å². The Bertz CT molecular complexity index is 1600. The smallest absolute Gasteiger partial charge is 0.228 e. The molecule has 166 valence electrons. The third-order valence-electron chi connectivity index (χ3n) is 6.23. The van der Waals surface area contributed by atoms with Crippen LogP contribution in [0.1, 0.15) is 47.2 Å². The summed E-state index contributed by atoms with van der Waals surface area (Å²) in [5.41, 5.74) is 3.62. The molecule has 0 saturated carbocycles. The van der Waals surface area contributed by atoms with Crippen molar-refractivity contribution in [2.75, 3.05) is 0 Å². The highest BCUT2D eigenvalue weighted by atomic mass is 16.3. The number of rotatable bonds is 2. The van der Waals surface area contributed by atoms with Gasteiger partial charge in [0.25, 0.3) is 0 Å². The summed E-state index contributed by atoms with van der Waals surface area (Å²) >= 11 is 0. The number of Topliss-reactive ketones (excluding diaryl/α,β-unsaturated/α-hetero) is 2. The largest absolute Gasteiger partial charge is 0.434 e. The lowest BCUT2D eigenvalue weighted by Gasteiger charge is -2.23. The zero-order valence-corrected chi connectivity index (χ0v) is 19.1. The average Bonchev–Trinajstić information content (AvgIpc) is 3.44. The van der Waals surface area contributed by atoms with E-state index in [0.29, 0.717) is 33.9 Å². The Balaban J connectivity index is 1.50. The van der Waals surface area contributed by atoms with Crippen LogP contribution in [-0.4, -0.2) is 21.1 Å². The second-order valence-electron chi connectivity index (χ2n) is 9.61. The number of nitrogens with zero attached hydrogens (tertiary/aromatic N) is 2. The van der Waals surface area contributed by atoms with Gasteiger partial charge in [0.15, 0.2) is 22.8 Å². The maximum atomic E-state index is 13.3. The SMILES string of the molecule is CC(C)(C)n1c(C=C2C(=O)c3cc4ccccc4cc3C2=O)cc2oc(-c3ccccc3)nc21. The molecule has 0 spiro atoms. The molecule has 0 N–H and O–H groups in total. The Labute approximate surface area is 196 Å². The van der Waals surface area contributed by atoms with Gasteiger partial charge in [-0.15, -0.1) is 0 Å². The molecule has 1 aliphatic carbocycles. The molecule has 2 aromatic heterocycles. The highest BCUT2D eigenvalue weighted by molar-refractivity contribution is 6.42. The number of carbonyl (C=O) groups is 2. The van der Waals surface area contributed by atoms with Crippen LogP contribution in [-0.2, 0) is 5.54 Å². The first-order valence-corrected chi connectivity index (χ1v) is 11.2. The number of allylic oxidation sites excluding steroid dienone is 1. The monoisotopic (exact) mass is 446 g/mol. The van der Waals surface area contributed by atoms with E-state index in [4.69, 9.17) is 9.40 Å². The molecule has 5 heteroatoms. The maximum absolute atomic E-state index is 13.3. The van der Waals surface area contributed by atoms with Gasteiger partial charge in [-0.25, -0.2) is 0 Å². The van der Waals surface area contributed by atoms with Crippen LogP contribution in [0, 0.1) is 0 Å². The first-order valence-electron chi connectivity index (χ1n) is 11.2. The lowest BCUT2D eigenvalue weighted by atomic mass is 10.0. The minimum absolute atomic E-state index is 0.166. The molecule has 1 aliphatic rings. The number of hydrogen-bond acceptors (Lipinski definition) is 4. The van der Waals surface area contributed by atoms with Gasteiger partial charge in [-0.05, 0) is 61.9 Å². The van der Waals surface area contributed by atoms with Gasteiger partial charge in [0.05, 0.1) is 5.57 Å². The Kier molecular flexibility index (Phi) is 4.27. The molecule has 0 radical (unpaired) electrons. The van der Waals surface area contributed by atoms with Crippen LogP contribution in [0.5, 0.6) is 0 Å². The van der Waals surface area contributed by atoms with E-state index >= 15 is 0 Å². The van der Waals surface area contributed by atoms with Crippen molar-refractivity contribution in [1.29, 1.82) is 0 Å². The molecule has 0 aliphatic heterocycles. The second kappa shape index (κ2) is 7.12. The molecule has 5 nitrogen and oxygen atoms in total. The van der Waals surface area contributed by atoms with Gasteiger partial charge in [-0.2, -0.15) is 4.98 Å². The fourth-order valence-corrected chi connectivity index (χ4v) is 4.70. The summed E-state index contributed by atoms with van der Waals surface area (Å²) in [6.07, 6.45) is 1.68. The molecule has 0 fully saturated rings. The van der Waals surface area contributed by atoms with E-state index in [1.165, 1.54) is 0 Å². The summed E-state index contributed by atoms with van der Waals surface area (Å²) in [5.74, 6) is 0.0406. The molecule has 2 heterocycles. The zero-order chi connectivity index (χ0) is 23.6. The highest BCUT2D eigenvalue weighted by Gasteiger charge is 2.34. The average molecular weight is 447 g/mol. The van der Waals surface area contributed by atoms with Gasteiger partial charge >= 0.3 is 0 Å². The molecular formula is C29H22N2O3. The third kappa shape index (κ3) is 3.05. The Morgan fingerprint density at radius 3 is 2.00 bits per heavy atom. The van der Waals surface area contributed by atoms with Crippen LogP contribution in [0.2, 0.25) is 0 Å². The summed E-state index contributed by atoms with van der Waals surface area (Å²) in [6.45, 7) is 6.18. The van der Waals surface area contributed by atoms with Gasteiger partial charge in [0, 0.05) is 34.0 Å². The Morgan fingerprint density at radius 2 is 1.41 bits per heavy atom.